The Hall–Kier alpha value is -1.56. The average Bonchev–Trinajstić information content (AvgIpc) is 2.39. The van der Waals surface area contributed by atoms with E-state index in [0.717, 1.165) is 12.1 Å². The zero-order valence-electron chi connectivity index (χ0n) is 10.1. The van der Waals surface area contributed by atoms with Crippen molar-refractivity contribution in [3.05, 3.63) is 63.9 Å². The van der Waals surface area contributed by atoms with Crippen LogP contribution in [0, 0.1) is 5.82 Å². The summed E-state index contributed by atoms with van der Waals surface area (Å²) in [6.07, 6.45) is -4.38. The van der Waals surface area contributed by atoms with Gasteiger partial charge < -0.3 is 5.32 Å². The highest BCUT2D eigenvalue weighted by atomic mass is 79.9. The Bertz CT molecular complexity index is 610. The minimum absolute atomic E-state index is 0.222. The molecule has 0 atom stereocenters. The van der Waals surface area contributed by atoms with Crippen molar-refractivity contribution in [2.75, 3.05) is 5.32 Å². The van der Waals surface area contributed by atoms with Gasteiger partial charge in [-0.1, -0.05) is 22.0 Å². The summed E-state index contributed by atoms with van der Waals surface area (Å²) in [5, 5.41) is 2.84. The van der Waals surface area contributed by atoms with Gasteiger partial charge in [0.05, 0.1) is 5.56 Å². The fourth-order valence-corrected chi connectivity index (χ4v) is 2.07. The molecule has 0 amide bonds. The van der Waals surface area contributed by atoms with Crippen molar-refractivity contribution in [2.24, 2.45) is 0 Å². The number of benzene rings is 2. The zero-order chi connectivity index (χ0) is 14.8. The standard InChI is InChI=1S/C14H10BrF4N/c15-13-5-4-11(16)6-9(13)8-20-12-3-1-2-10(7-12)14(17,18)19/h1-7,20H,8H2. The molecule has 106 valence electrons. The van der Waals surface area contributed by atoms with Crippen molar-refractivity contribution in [3.8, 4) is 0 Å². The van der Waals surface area contributed by atoms with Crippen molar-refractivity contribution in [3.63, 3.8) is 0 Å². The molecule has 0 saturated carbocycles. The normalized spacial score (nSPS) is 11.4. The lowest BCUT2D eigenvalue weighted by molar-refractivity contribution is -0.137. The molecule has 20 heavy (non-hydrogen) atoms. The molecule has 2 aromatic carbocycles. The third kappa shape index (κ3) is 3.72. The van der Waals surface area contributed by atoms with Crippen molar-refractivity contribution >= 4 is 21.6 Å². The lowest BCUT2D eigenvalue weighted by atomic mass is 10.1. The number of hydrogen-bond acceptors (Lipinski definition) is 1. The topological polar surface area (TPSA) is 12.0 Å². The summed E-state index contributed by atoms with van der Waals surface area (Å²) < 4.78 is 51.5. The summed E-state index contributed by atoms with van der Waals surface area (Å²) >= 11 is 3.26. The maximum Gasteiger partial charge on any atom is 0.416 e. The molecule has 0 spiro atoms. The molecule has 0 aliphatic heterocycles. The molecule has 0 aromatic heterocycles. The number of halogens is 5. The van der Waals surface area contributed by atoms with Crippen molar-refractivity contribution in [1.29, 1.82) is 0 Å². The molecule has 6 heteroatoms. The van der Waals surface area contributed by atoms with Crippen LogP contribution < -0.4 is 5.32 Å². The predicted octanol–water partition coefficient (Wildman–Crippen LogP) is 5.22. The van der Waals surface area contributed by atoms with Gasteiger partial charge in [0.15, 0.2) is 0 Å². The van der Waals surface area contributed by atoms with Crippen LogP contribution in [-0.4, -0.2) is 0 Å². The minimum Gasteiger partial charge on any atom is -0.381 e. The van der Waals surface area contributed by atoms with Crippen LogP contribution in [0.1, 0.15) is 11.1 Å². The second-order valence-corrected chi connectivity index (χ2v) is 5.02. The Balaban J connectivity index is 2.13. The zero-order valence-corrected chi connectivity index (χ0v) is 11.7. The Kier molecular flexibility index (Phi) is 4.32. The van der Waals surface area contributed by atoms with Crippen LogP contribution in [-0.2, 0) is 12.7 Å². The molecular weight excluding hydrogens is 338 g/mol. The molecule has 0 fully saturated rings. The third-order valence-electron chi connectivity index (χ3n) is 2.68. The summed E-state index contributed by atoms with van der Waals surface area (Å²) in [5.41, 5.74) is 0.235. The van der Waals surface area contributed by atoms with E-state index in [1.807, 2.05) is 0 Å². The van der Waals surface area contributed by atoms with E-state index in [1.165, 1.54) is 24.3 Å². The molecule has 2 rings (SSSR count). The van der Waals surface area contributed by atoms with Crippen molar-refractivity contribution in [1.82, 2.24) is 0 Å². The number of rotatable bonds is 3. The van der Waals surface area contributed by atoms with E-state index < -0.39 is 17.6 Å². The first-order valence-electron chi connectivity index (χ1n) is 5.71. The van der Waals surface area contributed by atoms with E-state index in [4.69, 9.17) is 0 Å². The van der Waals surface area contributed by atoms with Gasteiger partial charge in [-0.15, -0.1) is 0 Å². The number of nitrogens with one attached hydrogen (secondary N) is 1. The van der Waals surface area contributed by atoms with Gasteiger partial charge in [0.25, 0.3) is 0 Å². The first-order valence-corrected chi connectivity index (χ1v) is 6.50. The second kappa shape index (κ2) is 5.83. The quantitative estimate of drug-likeness (QED) is 0.750. The fraction of sp³-hybridized carbons (Fsp3) is 0.143. The van der Waals surface area contributed by atoms with Gasteiger partial charge in [-0.3, -0.25) is 0 Å². The van der Waals surface area contributed by atoms with Gasteiger partial charge in [-0.25, -0.2) is 4.39 Å². The van der Waals surface area contributed by atoms with Crippen LogP contribution in [0.5, 0.6) is 0 Å². The molecule has 0 bridgehead atoms. The Morgan fingerprint density at radius 3 is 2.50 bits per heavy atom. The molecule has 0 radical (unpaired) electrons. The summed E-state index contributed by atoms with van der Waals surface area (Å²) in [6, 6.07) is 9.06. The van der Waals surface area contributed by atoms with Gasteiger partial charge >= 0.3 is 6.18 Å². The molecule has 0 aliphatic rings. The van der Waals surface area contributed by atoms with Crippen LogP contribution in [0.3, 0.4) is 0 Å². The van der Waals surface area contributed by atoms with Crippen LogP contribution in [0.2, 0.25) is 0 Å². The Labute approximate surface area is 121 Å². The largest absolute Gasteiger partial charge is 0.416 e. The van der Waals surface area contributed by atoms with Crippen LogP contribution >= 0.6 is 15.9 Å². The second-order valence-electron chi connectivity index (χ2n) is 4.17. The van der Waals surface area contributed by atoms with Gasteiger partial charge in [0.2, 0.25) is 0 Å². The Morgan fingerprint density at radius 1 is 1.05 bits per heavy atom. The van der Waals surface area contributed by atoms with E-state index in [9.17, 15) is 17.6 Å². The SMILES string of the molecule is Fc1ccc(Br)c(CNc2cccc(C(F)(F)F)c2)c1. The van der Waals surface area contributed by atoms with Crippen LogP contribution in [0.4, 0.5) is 23.2 Å². The summed E-state index contributed by atoms with van der Waals surface area (Å²) in [6.45, 7) is 0.222. The van der Waals surface area contributed by atoms with Gasteiger partial charge in [-0.2, -0.15) is 13.2 Å². The van der Waals surface area contributed by atoms with Gasteiger partial charge in [0, 0.05) is 16.7 Å². The number of hydrogen-bond donors (Lipinski definition) is 1. The number of alkyl halides is 3. The highest BCUT2D eigenvalue weighted by Crippen LogP contribution is 2.30. The Morgan fingerprint density at radius 2 is 1.80 bits per heavy atom. The van der Waals surface area contributed by atoms with Crippen molar-refractivity contribution in [2.45, 2.75) is 12.7 Å². The fourth-order valence-electron chi connectivity index (χ4n) is 1.68. The minimum atomic E-state index is -4.38. The molecule has 1 nitrogen and oxygen atoms in total. The van der Waals surface area contributed by atoms with Crippen LogP contribution in [0.25, 0.3) is 0 Å². The van der Waals surface area contributed by atoms with E-state index in [0.29, 0.717) is 15.7 Å². The molecule has 0 saturated heterocycles. The molecule has 0 aliphatic carbocycles. The molecule has 0 unspecified atom stereocenters. The first-order chi connectivity index (χ1) is 9.36. The van der Waals surface area contributed by atoms with E-state index >= 15 is 0 Å². The van der Waals surface area contributed by atoms with E-state index in [-0.39, 0.29) is 6.54 Å². The highest BCUT2D eigenvalue weighted by Gasteiger charge is 2.30. The third-order valence-corrected chi connectivity index (χ3v) is 3.45. The first kappa shape index (κ1) is 14.8. The van der Waals surface area contributed by atoms with Gasteiger partial charge in [0.1, 0.15) is 5.82 Å². The molecule has 1 N–H and O–H groups in total. The highest BCUT2D eigenvalue weighted by molar-refractivity contribution is 9.10. The summed E-state index contributed by atoms with van der Waals surface area (Å²) in [5.74, 6) is -0.394. The lowest BCUT2D eigenvalue weighted by Gasteiger charge is -2.11. The summed E-state index contributed by atoms with van der Waals surface area (Å²) in [7, 11) is 0. The number of anilines is 1. The molecule has 2 aromatic rings. The monoisotopic (exact) mass is 347 g/mol. The van der Waals surface area contributed by atoms with Crippen molar-refractivity contribution < 1.29 is 17.6 Å². The maximum absolute atomic E-state index is 13.1. The van der Waals surface area contributed by atoms with E-state index in [1.54, 1.807) is 6.07 Å². The lowest BCUT2D eigenvalue weighted by Crippen LogP contribution is -2.06. The van der Waals surface area contributed by atoms with E-state index in [2.05, 4.69) is 21.2 Å². The smallest absolute Gasteiger partial charge is 0.381 e. The average molecular weight is 348 g/mol. The maximum atomic E-state index is 13.1. The van der Waals surface area contributed by atoms with Gasteiger partial charge in [-0.05, 0) is 42.0 Å². The predicted molar refractivity (Wildman–Crippen MR) is 72.9 cm³/mol. The molecular formula is C14H10BrF4N. The molecule has 0 heterocycles. The van der Waals surface area contributed by atoms with Crippen LogP contribution in [0.15, 0.2) is 46.9 Å². The summed E-state index contributed by atoms with van der Waals surface area (Å²) in [4.78, 5) is 0.